The van der Waals surface area contributed by atoms with Gasteiger partial charge in [0.1, 0.15) is 11.9 Å². The molecule has 0 bridgehead atoms. The number of hydrogen-bond donors (Lipinski definition) is 1. The molecule has 2 aromatic heterocycles. The maximum atomic E-state index is 12.4. The van der Waals surface area contributed by atoms with Crippen molar-refractivity contribution in [2.75, 3.05) is 19.7 Å². The van der Waals surface area contributed by atoms with E-state index in [0.717, 1.165) is 17.1 Å². The lowest BCUT2D eigenvalue weighted by atomic mass is 10.2. The average molecular weight is 320 g/mol. The summed E-state index contributed by atoms with van der Waals surface area (Å²) in [7, 11) is 0. The van der Waals surface area contributed by atoms with Crippen LogP contribution in [0.1, 0.15) is 34.4 Å². The van der Waals surface area contributed by atoms with Gasteiger partial charge in [0.2, 0.25) is 5.91 Å². The van der Waals surface area contributed by atoms with Crippen molar-refractivity contribution in [2.45, 2.75) is 32.8 Å². The first-order chi connectivity index (χ1) is 10.7. The van der Waals surface area contributed by atoms with Crippen LogP contribution in [0.5, 0.6) is 0 Å². The van der Waals surface area contributed by atoms with Crippen LogP contribution in [0.2, 0.25) is 0 Å². The fraction of sp³-hybridized carbons (Fsp3) is 0.533. The summed E-state index contributed by atoms with van der Waals surface area (Å²) < 4.78 is 5.72. The van der Waals surface area contributed by atoms with E-state index in [1.54, 1.807) is 11.3 Å². The second-order valence-corrected chi connectivity index (χ2v) is 6.75. The highest BCUT2D eigenvalue weighted by atomic mass is 32.1. The molecule has 0 aliphatic carbocycles. The van der Waals surface area contributed by atoms with Gasteiger partial charge >= 0.3 is 0 Å². The van der Waals surface area contributed by atoms with Crippen LogP contribution < -0.4 is 0 Å². The molecule has 0 spiro atoms. The number of thiophene rings is 1. The van der Waals surface area contributed by atoms with Gasteiger partial charge in [0.05, 0.1) is 19.6 Å². The average Bonchev–Trinajstić information content (AvgIpc) is 3.16. The Hall–Kier alpha value is -1.73. The summed E-state index contributed by atoms with van der Waals surface area (Å²) in [6.07, 6.45) is 1.03. The molecule has 1 atom stereocenters. The van der Waals surface area contributed by atoms with Crippen molar-refractivity contribution >= 4 is 17.2 Å². The zero-order valence-electron chi connectivity index (χ0n) is 12.8. The molecule has 2 aromatic rings. The number of nitrogens with one attached hydrogen (secondary N) is 1. The molecule has 6 nitrogen and oxygen atoms in total. The van der Waals surface area contributed by atoms with Crippen LogP contribution in [0.15, 0.2) is 12.1 Å². The van der Waals surface area contributed by atoms with E-state index in [-0.39, 0.29) is 12.0 Å². The van der Waals surface area contributed by atoms with Gasteiger partial charge in [-0.3, -0.25) is 9.89 Å². The van der Waals surface area contributed by atoms with Crippen LogP contribution in [-0.2, 0) is 22.4 Å². The molecular formula is C15H20N4O2S. The number of aromatic nitrogens is 3. The number of aryl methyl sites for hydroxylation is 2. The Morgan fingerprint density at radius 3 is 3.09 bits per heavy atom. The van der Waals surface area contributed by atoms with Crippen molar-refractivity contribution in [3.63, 3.8) is 0 Å². The van der Waals surface area contributed by atoms with Gasteiger partial charge in [-0.2, -0.15) is 5.10 Å². The van der Waals surface area contributed by atoms with Crippen molar-refractivity contribution in [1.29, 1.82) is 0 Å². The Labute approximate surface area is 133 Å². The Kier molecular flexibility index (Phi) is 4.54. The van der Waals surface area contributed by atoms with Crippen LogP contribution in [0.3, 0.4) is 0 Å². The van der Waals surface area contributed by atoms with Crippen molar-refractivity contribution in [3.8, 4) is 0 Å². The maximum absolute atomic E-state index is 12.4. The smallest absolute Gasteiger partial charge is 0.228 e. The van der Waals surface area contributed by atoms with E-state index in [9.17, 15) is 4.79 Å². The SMILES string of the molecule is CCc1nc([C@@H]2CN(C(=O)Cc3ccc(C)s3)CCO2)n[nH]1. The summed E-state index contributed by atoms with van der Waals surface area (Å²) in [5.41, 5.74) is 0. The third-order valence-corrected chi connectivity index (χ3v) is 4.71. The monoisotopic (exact) mass is 320 g/mol. The van der Waals surface area contributed by atoms with Gasteiger partial charge in [0.25, 0.3) is 0 Å². The highest BCUT2D eigenvalue weighted by molar-refractivity contribution is 7.12. The Morgan fingerprint density at radius 2 is 2.41 bits per heavy atom. The van der Waals surface area contributed by atoms with Crippen molar-refractivity contribution in [1.82, 2.24) is 20.1 Å². The Morgan fingerprint density at radius 1 is 1.55 bits per heavy atom. The van der Waals surface area contributed by atoms with Gasteiger partial charge in [0, 0.05) is 22.7 Å². The van der Waals surface area contributed by atoms with Gasteiger partial charge < -0.3 is 9.64 Å². The largest absolute Gasteiger partial charge is 0.366 e. The summed E-state index contributed by atoms with van der Waals surface area (Å²) in [6, 6.07) is 4.08. The molecule has 0 unspecified atom stereocenters. The predicted molar refractivity (Wildman–Crippen MR) is 83.8 cm³/mol. The molecule has 118 valence electrons. The Bertz CT molecular complexity index is 652. The molecule has 7 heteroatoms. The van der Waals surface area contributed by atoms with Gasteiger partial charge in [-0.1, -0.05) is 6.92 Å². The van der Waals surface area contributed by atoms with E-state index < -0.39 is 0 Å². The molecule has 1 fully saturated rings. The minimum absolute atomic E-state index is 0.140. The molecule has 1 aliphatic heterocycles. The van der Waals surface area contributed by atoms with E-state index in [0.29, 0.717) is 31.9 Å². The quantitative estimate of drug-likeness (QED) is 0.934. The predicted octanol–water partition coefficient (Wildman–Crippen LogP) is 1.88. The highest BCUT2D eigenvalue weighted by Crippen LogP contribution is 2.21. The molecule has 0 radical (unpaired) electrons. The third-order valence-electron chi connectivity index (χ3n) is 3.71. The maximum Gasteiger partial charge on any atom is 0.228 e. The normalized spacial score (nSPS) is 18.6. The van der Waals surface area contributed by atoms with E-state index >= 15 is 0 Å². The minimum Gasteiger partial charge on any atom is -0.366 e. The molecule has 22 heavy (non-hydrogen) atoms. The van der Waals surface area contributed by atoms with E-state index in [1.807, 2.05) is 17.9 Å². The minimum atomic E-state index is -0.237. The van der Waals surface area contributed by atoms with E-state index in [4.69, 9.17) is 4.74 Å². The number of rotatable bonds is 4. The molecule has 3 rings (SSSR count). The summed E-state index contributed by atoms with van der Waals surface area (Å²) in [5.74, 6) is 1.62. The second kappa shape index (κ2) is 6.58. The van der Waals surface area contributed by atoms with Crippen LogP contribution >= 0.6 is 11.3 Å². The molecular weight excluding hydrogens is 300 g/mol. The number of amides is 1. The summed E-state index contributed by atoms with van der Waals surface area (Å²) >= 11 is 1.68. The first-order valence-corrected chi connectivity index (χ1v) is 8.33. The van der Waals surface area contributed by atoms with Crippen LogP contribution in [0, 0.1) is 6.92 Å². The van der Waals surface area contributed by atoms with E-state index in [2.05, 4.69) is 28.2 Å². The molecule has 3 heterocycles. The Balaban J connectivity index is 1.63. The zero-order valence-corrected chi connectivity index (χ0v) is 13.7. The molecule has 0 aromatic carbocycles. The molecule has 1 saturated heterocycles. The number of aromatic amines is 1. The first kappa shape index (κ1) is 15.2. The van der Waals surface area contributed by atoms with Crippen molar-refractivity contribution < 1.29 is 9.53 Å². The van der Waals surface area contributed by atoms with Gasteiger partial charge in [-0.15, -0.1) is 11.3 Å². The molecule has 1 amide bonds. The first-order valence-electron chi connectivity index (χ1n) is 7.51. The summed E-state index contributed by atoms with van der Waals surface area (Å²) in [6.45, 7) is 5.74. The lowest BCUT2D eigenvalue weighted by Crippen LogP contribution is -2.43. The third kappa shape index (κ3) is 3.36. The number of ether oxygens (including phenoxy) is 1. The summed E-state index contributed by atoms with van der Waals surface area (Å²) in [4.78, 5) is 21.0. The molecule has 1 N–H and O–H groups in total. The van der Waals surface area contributed by atoms with Crippen LogP contribution in [0.4, 0.5) is 0 Å². The number of H-pyrrole nitrogens is 1. The number of carbonyl (C=O) groups is 1. The lowest BCUT2D eigenvalue weighted by molar-refractivity contribution is -0.138. The fourth-order valence-electron chi connectivity index (χ4n) is 2.49. The fourth-order valence-corrected chi connectivity index (χ4v) is 3.37. The van der Waals surface area contributed by atoms with Crippen molar-refractivity contribution in [3.05, 3.63) is 33.5 Å². The van der Waals surface area contributed by atoms with Crippen LogP contribution in [-0.4, -0.2) is 45.7 Å². The lowest BCUT2D eigenvalue weighted by Gasteiger charge is -2.31. The van der Waals surface area contributed by atoms with Gasteiger partial charge in [0.15, 0.2) is 5.82 Å². The summed E-state index contributed by atoms with van der Waals surface area (Å²) in [5, 5.41) is 7.09. The van der Waals surface area contributed by atoms with E-state index in [1.165, 1.54) is 4.88 Å². The van der Waals surface area contributed by atoms with Gasteiger partial charge in [-0.25, -0.2) is 4.98 Å². The topological polar surface area (TPSA) is 71.1 Å². The van der Waals surface area contributed by atoms with Gasteiger partial charge in [-0.05, 0) is 19.1 Å². The second-order valence-electron chi connectivity index (χ2n) is 5.38. The number of hydrogen-bond acceptors (Lipinski definition) is 5. The van der Waals surface area contributed by atoms with Crippen molar-refractivity contribution in [2.24, 2.45) is 0 Å². The van der Waals surface area contributed by atoms with Crippen LogP contribution in [0.25, 0.3) is 0 Å². The number of morpholine rings is 1. The zero-order chi connectivity index (χ0) is 15.5. The standard InChI is InChI=1S/C15H20N4O2S/c1-3-13-16-15(18-17-13)12-9-19(6-7-21-12)14(20)8-11-5-4-10(2)22-11/h4-5,12H,3,6-9H2,1-2H3,(H,16,17,18)/t12-/m0/s1. The molecule has 1 aliphatic rings. The molecule has 0 saturated carbocycles. The number of nitrogens with zero attached hydrogens (tertiary/aromatic N) is 3. The highest BCUT2D eigenvalue weighted by Gasteiger charge is 2.28. The number of carbonyl (C=O) groups excluding carboxylic acids is 1.